The summed E-state index contributed by atoms with van der Waals surface area (Å²) in [5.41, 5.74) is 8.82. The van der Waals surface area contributed by atoms with Gasteiger partial charge in [0.1, 0.15) is 0 Å². The van der Waals surface area contributed by atoms with Crippen molar-refractivity contribution in [3.63, 3.8) is 0 Å². The van der Waals surface area contributed by atoms with E-state index in [1.807, 2.05) is 40.8 Å². The van der Waals surface area contributed by atoms with E-state index in [4.69, 9.17) is 4.98 Å². The van der Waals surface area contributed by atoms with E-state index >= 15 is 0 Å². The molecule has 1 aliphatic carbocycles. The van der Waals surface area contributed by atoms with E-state index < -0.39 is 0 Å². The molecule has 0 saturated heterocycles. The number of pyridine rings is 1. The van der Waals surface area contributed by atoms with Gasteiger partial charge in [0.2, 0.25) is 5.95 Å². The molecule has 0 bridgehead atoms. The third-order valence-electron chi connectivity index (χ3n) is 9.87. The maximum Gasteiger partial charge on any atom is 0.265 e. The fourth-order valence-electron chi connectivity index (χ4n) is 7.88. The van der Waals surface area contributed by atoms with Crippen LogP contribution in [0.2, 0.25) is 0 Å². The van der Waals surface area contributed by atoms with Crippen molar-refractivity contribution >= 4 is 59.8 Å². The molecule has 0 saturated carbocycles. The SMILES string of the molecule is CC1(C)c2cc3c(cc2-c2c1ccc1ccccc21)c1ccccc1n3-c1nc2cccc3c4ccccc4c(=O)n1c23. The molecule has 202 valence electrons. The lowest BCUT2D eigenvalue weighted by molar-refractivity contribution is 0.661. The highest BCUT2D eigenvalue weighted by Gasteiger charge is 2.37. The number of nitrogens with zero attached hydrogens (tertiary/aromatic N) is 3. The van der Waals surface area contributed by atoms with Crippen molar-refractivity contribution in [3.8, 4) is 17.1 Å². The summed E-state index contributed by atoms with van der Waals surface area (Å²) in [5, 5.41) is 7.55. The van der Waals surface area contributed by atoms with Gasteiger partial charge in [0.15, 0.2) is 0 Å². The smallest absolute Gasteiger partial charge is 0.265 e. The maximum atomic E-state index is 14.2. The minimum absolute atomic E-state index is 0.0434. The standard InChI is InChI=1S/C39H25N3O/c1-39(2)30-19-18-22-10-3-4-11-23(22)35(30)29-20-28-25-13-7-8-17-33(25)41(34(28)21-31(29)39)38-40-32-16-9-15-26-24-12-5-6-14-27(24)37(43)42(38)36(26)32/h3-21H,1-2H3. The molecule has 3 heterocycles. The van der Waals surface area contributed by atoms with Crippen molar-refractivity contribution in [1.82, 2.24) is 14.0 Å². The van der Waals surface area contributed by atoms with Crippen LogP contribution >= 0.6 is 0 Å². The number of para-hydroxylation sites is 2. The largest absolute Gasteiger partial charge is 0.279 e. The predicted octanol–water partition coefficient (Wildman–Crippen LogP) is 9.00. The van der Waals surface area contributed by atoms with Gasteiger partial charge in [-0.2, -0.15) is 0 Å². The minimum Gasteiger partial charge on any atom is -0.279 e. The van der Waals surface area contributed by atoms with Gasteiger partial charge in [0.25, 0.3) is 5.56 Å². The van der Waals surface area contributed by atoms with Gasteiger partial charge in [-0.1, -0.05) is 98.8 Å². The van der Waals surface area contributed by atoms with Crippen LogP contribution < -0.4 is 5.56 Å². The molecule has 43 heavy (non-hydrogen) atoms. The normalized spacial score (nSPS) is 14.1. The molecule has 0 radical (unpaired) electrons. The van der Waals surface area contributed by atoms with Gasteiger partial charge in [-0.25, -0.2) is 9.38 Å². The van der Waals surface area contributed by atoms with Crippen LogP contribution in [0.25, 0.3) is 76.8 Å². The molecular weight excluding hydrogens is 526 g/mol. The number of benzene rings is 6. The first-order valence-electron chi connectivity index (χ1n) is 14.8. The average Bonchev–Trinajstić information content (AvgIpc) is 3.65. The van der Waals surface area contributed by atoms with E-state index in [1.54, 1.807) is 0 Å². The quantitative estimate of drug-likeness (QED) is 0.191. The fourth-order valence-corrected chi connectivity index (χ4v) is 7.88. The van der Waals surface area contributed by atoms with E-state index in [0.717, 1.165) is 43.6 Å². The summed E-state index contributed by atoms with van der Waals surface area (Å²) in [6.45, 7) is 4.65. The number of rotatable bonds is 1. The lowest BCUT2D eigenvalue weighted by Crippen LogP contribution is -2.17. The van der Waals surface area contributed by atoms with Crippen molar-refractivity contribution < 1.29 is 0 Å². The number of aromatic nitrogens is 3. The van der Waals surface area contributed by atoms with Gasteiger partial charge < -0.3 is 0 Å². The van der Waals surface area contributed by atoms with Crippen molar-refractivity contribution in [2.24, 2.45) is 0 Å². The summed E-state index contributed by atoms with van der Waals surface area (Å²) >= 11 is 0. The summed E-state index contributed by atoms with van der Waals surface area (Å²) < 4.78 is 4.04. The first-order valence-corrected chi connectivity index (χ1v) is 14.8. The molecule has 0 aliphatic heterocycles. The molecular formula is C39H25N3O. The Morgan fingerprint density at radius 3 is 2.19 bits per heavy atom. The molecule has 0 unspecified atom stereocenters. The molecule has 4 nitrogen and oxygen atoms in total. The molecule has 10 rings (SSSR count). The second kappa shape index (κ2) is 7.67. The number of fused-ring (bicyclic) bond motifs is 10. The minimum atomic E-state index is -0.183. The fraction of sp³-hybridized carbons (Fsp3) is 0.0769. The molecule has 3 aromatic heterocycles. The Hall–Kier alpha value is -5.48. The van der Waals surface area contributed by atoms with Crippen LogP contribution in [0.3, 0.4) is 0 Å². The van der Waals surface area contributed by atoms with Crippen molar-refractivity contribution in [2.75, 3.05) is 0 Å². The van der Waals surface area contributed by atoms with Gasteiger partial charge >= 0.3 is 0 Å². The van der Waals surface area contributed by atoms with Crippen LogP contribution in [-0.4, -0.2) is 14.0 Å². The van der Waals surface area contributed by atoms with E-state index in [2.05, 4.69) is 97.3 Å². The van der Waals surface area contributed by atoms with Crippen molar-refractivity contribution in [2.45, 2.75) is 19.3 Å². The van der Waals surface area contributed by atoms with E-state index in [-0.39, 0.29) is 11.0 Å². The molecule has 0 fully saturated rings. The molecule has 0 amide bonds. The Morgan fingerprint density at radius 2 is 1.33 bits per heavy atom. The van der Waals surface area contributed by atoms with Gasteiger partial charge in [-0.15, -0.1) is 0 Å². The van der Waals surface area contributed by atoms with Crippen LogP contribution in [0.15, 0.2) is 120 Å². The highest BCUT2D eigenvalue weighted by molar-refractivity contribution is 6.14. The summed E-state index contributed by atoms with van der Waals surface area (Å²) in [7, 11) is 0. The van der Waals surface area contributed by atoms with Crippen LogP contribution in [0.5, 0.6) is 0 Å². The van der Waals surface area contributed by atoms with Crippen molar-refractivity contribution in [1.29, 1.82) is 0 Å². The number of hydrogen-bond donors (Lipinski definition) is 0. The summed E-state index contributed by atoms with van der Waals surface area (Å²) in [6.07, 6.45) is 0. The lowest BCUT2D eigenvalue weighted by atomic mass is 9.82. The highest BCUT2D eigenvalue weighted by atomic mass is 16.1. The Morgan fingerprint density at radius 1 is 0.605 bits per heavy atom. The first kappa shape index (κ1) is 23.1. The first-order chi connectivity index (χ1) is 21.0. The molecule has 6 aromatic carbocycles. The summed E-state index contributed by atoms with van der Waals surface area (Å²) in [4.78, 5) is 19.4. The Balaban J connectivity index is 1.39. The summed E-state index contributed by atoms with van der Waals surface area (Å²) in [5.74, 6) is 0.631. The third kappa shape index (κ3) is 2.72. The van der Waals surface area contributed by atoms with E-state index in [0.29, 0.717) is 11.3 Å². The van der Waals surface area contributed by atoms with Crippen LogP contribution in [0, 0.1) is 0 Å². The van der Waals surface area contributed by atoms with E-state index in [9.17, 15) is 4.79 Å². The molecule has 4 heteroatoms. The topological polar surface area (TPSA) is 39.3 Å². The monoisotopic (exact) mass is 551 g/mol. The highest BCUT2D eigenvalue weighted by Crippen LogP contribution is 2.53. The molecule has 1 aliphatic rings. The maximum absolute atomic E-state index is 14.2. The van der Waals surface area contributed by atoms with Gasteiger partial charge in [-0.05, 0) is 68.7 Å². The predicted molar refractivity (Wildman–Crippen MR) is 177 cm³/mol. The zero-order valence-electron chi connectivity index (χ0n) is 23.7. The number of hydrogen-bond acceptors (Lipinski definition) is 2. The van der Waals surface area contributed by atoms with Crippen LogP contribution in [-0.2, 0) is 5.41 Å². The molecule has 9 aromatic rings. The van der Waals surface area contributed by atoms with Gasteiger partial charge in [0.05, 0.1) is 22.1 Å². The Kier molecular flexibility index (Phi) is 4.12. The zero-order chi connectivity index (χ0) is 28.6. The van der Waals surface area contributed by atoms with Gasteiger partial charge in [-0.3, -0.25) is 9.36 Å². The van der Waals surface area contributed by atoms with Crippen LogP contribution in [0.4, 0.5) is 0 Å². The molecule has 0 N–H and O–H groups in total. The molecule has 0 atom stereocenters. The van der Waals surface area contributed by atoms with Crippen LogP contribution in [0.1, 0.15) is 25.0 Å². The van der Waals surface area contributed by atoms with Gasteiger partial charge in [0, 0.05) is 27.0 Å². The van der Waals surface area contributed by atoms with Crippen molar-refractivity contribution in [3.05, 3.63) is 137 Å². The average molecular weight is 552 g/mol. The second-order valence-corrected chi connectivity index (χ2v) is 12.4. The third-order valence-corrected chi connectivity index (χ3v) is 9.87. The Labute approximate surface area is 246 Å². The zero-order valence-corrected chi connectivity index (χ0v) is 23.7. The molecule has 0 spiro atoms. The number of imidazole rings is 1. The summed E-state index contributed by atoms with van der Waals surface area (Å²) in [6, 6.07) is 40.5. The van der Waals surface area contributed by atoms with E-state index in [1.165, 1.54) is 33.0 Å². The Bertz CT molecular complexity index is 2730. The second-order valence-electron chi connectivity index (χ2n) is 12.4. The lowest BCUT2D eigenvalue weighted by Gasteiger charge is -2.22.